The number of nitrogens with two attached hydrogens (primary N) is 1. The Morgan fingerprint density at radius 2 is 2.00 bits per heavy atom. The molecule has 0 unspecified atom stereocenters. The van der Waals surface area contributed by atoms with Gasteiger partial charge in [-0.1, -0.05) is 13.3 Å². The van der Waals surface area contributed by atoms with Crippen molar-refractivity contribution in [2.45, 2.75) is 46.1 Å². The molecule has 1 rings (SSSR count). The standard InChI is InChI=1S/C15H25N3O/c1-5-9-15(3,4)18-13-10-11(7-8-12(13)16)14(19)17-6-2/h7-8,10,18H,5-6,9,16H2,1-4H3,(H,17,19). The van der Waals surface area contributed by atoms with E-state index in [0.29, 0.717) is 17.8 Å². The minimum absolute atomic E-state index is 0.0390. The summed E-state index contributed by atoms with van der Waals surface area (Å²) in [6.45, 7) is 8.94. The van der Waals surface area contributed by atoms with Gasteiger partial charge in [-0.3, -0.25) is 4.79 Å². The van der Waals surface area contributed by atoms with E-state index in [9.17, 15) is 4.79 Å². The molecule has 0 saturated carbocycles. The van der Waals surface area contributed by atoms with Crippen LogP contribution in [0.3, 0.4) is 0 Å². The number of carbonyl (C=O) groups excluding carboxylic acids is 1. The number of benzene rings is 1. The van der Waals surface area contributed by atoms with Crippen LogP contribution in [-0.4, -0.2) is 18.0 Å². The molecule has 4 nitrogen and oxygen atoms in total. The summed E-state index contributed by atoms with van der Waals surface area (Å²) in [5.74, 6) is -0.0705. The number of rotatable bonds is 6. The molecule has 0 aliphatic rings. The number of hydrogen-bond donors (Lipinski definition) is 3. The molecule has 0 heterocycles. The molecular formula is C15H25N3O. The van der Waals surface area contributed by atoms with E-state index in [4.69, 9.17) is 5.73 Å². The van der Waals surface area contributed by atoms with Gasteiger partial charge in [0.2, 0.25) is 0 Å². The smallest absolute Gasteiger partial charge is 0.251 e. The largest absolute Gasteiger partial charge is 0.397 e. The normalized spacial score (nSPS) is 11.2. The molecule has 19 heavy (non-hydrogen) atoms. The fraction of sp³-hybridized carbons (Fsp3) is 0.533. The van der Waals surface area contributed by atoms with Crippen LogP contribution in [0.1, 0.15) is 50.9 Å². The van der Waals surface area contributed by atoms with E-state index >= 15 is 0 Å². The van der Waals surface area contributed by atoms with Gasteiger partial charge >= 0.3 is 0 Å². The second-order valence-corrected chi connectivity index (χ2v) is 5.42. The van der Waals surface area contributed by atoms with E-state index < -0.39 is 0 Å². The summed E-state index contributed by atoms with van der Waals surface area (Å²) in [6, 6.07) is 5.34. The maximum atomic E-state index is 11.8. The second kappa shape index (κ2) is 6.45. The van der Waals surface area contributed by atoms with Crippen LogP contribution in [0.5, 0.6) is 0 Å². The first-order valence-corrected chi connectivity index (χ1v) is 6.85. The van der Waals surface area contributed by atoms with Gasteiger partial charge < -0.3 is 16.4 Å². The van der Waals surface area contributed by atoms with Crippen molar-refractivity contribution in [2.75, 3.05) is 17.6 Å². The molecule has 0 saturated heterocycles. The van der Waals surface area contributed by atoms with Gasteiger partial charge in [0.25, 0.3) is 5.91 Å². The zero-order valence-corrected chi connectivity index (χ0v) is 12.3. The monoisotopic (exact) mass is 263 g/mol. The number of nitrogens with one attached hydrogen (secondary N) is 2. The quantitative estimate of drug-likeness (QED) is 0.691. The van der Waals surface area contributed by atoms with Crippen molar-refractivity contribution in [1.82, 2.24) is 5.32 Å². The molecule has 0 fully saturated rings. The highest BCUT2D eigenvalue weighted by atomic mass is 16.1. The van der Waals surface area contributed by atoms with Crippen LogP contribution in [0, 0.1) is 0 Å². The van der Waals surface area contributed by atoms with Gasteiger partial charge in [0.1, 0.15) is 0 Å². The van der Waals surface area contributed by atoms with Crippen LogP contribution in [0.4, 0.5) is 11.4 Å². The van der Waals surface area contributed by atoms with Gasteiger partial charge in [-0.2, -0.15) is 0 Å². The fourth-order valence-electron chi connectivity index (χ4n) is 2.12. The van der Waals surface area contributed by atoms with E-state index in [1.165, 1.54) is 0 Å². The van der Waals surface area contributed by atoms with E-state index in [2.05, 4.69) is 31.4 Å². The molecule has 0 spiro atoms. The van der Waals surface area contributed by atoms with Gasteiger partial charge in [-0.25, -0.2) is 0 Å². The van der Waals surface area contributed by atoms with Crippen LogP contribution < -0.4 is 16.4 Å². The minimum atomic E-state index is -0.0705. The summed E-state index contributed by atoms with van der Waals surface area (Å²) < 4.78 is 0. The second-order valence-electron chi connectivity index (χ2n) is 5.42. The van der Waals surface area contributed by atoms with E-state index in [-0.39, 0.29) is 11.4 Å². The molecule has 106 valence electrons. The molecule has 0 bridgehead atoms. The third kappa shape index (κ3) is 4.47. The molecule has 4 heteroatoms. The Balaban J connectivity index is 2.94. The summed E-state index contributed by atoms with van der Waals surface area (Å²) in [5, 5.41) is 6.21. The molecule has 1 aromatic rings. The predicted octanol–water partition coefficient (Wildman–Crippen LogP) is 3.01. The zero-order valence-electron chi connectivity index (χ0n) is 12.3. The highest BCUT2D eigenvalue weighted by Crippen LogP contribution is 2.26. The molecule has 0 radical (unpaired) electrons. The SMILES string of the molecule is CCCC(C)(C)Nc1cc(C(=O)NCC)ccc1N. The van der Waals surface area contributed by atoms with E-state index in [0.717, 1.165) is 18.5 Å². The minimum Gasteiger partial charge on any atom is -0.397 e. The van der Waals surface area contributed by atoms with Gasteiger partial charge in [0.05, 0.1) is 11.4 Å². The highest BCUT2D eigenvalue weighted by Gasteiger charge is 2.18. The maximum absolute atomic E-state index is 11.8. The van der Waals surface area contributed by atoms with Gasteiger partial charge in [0.15, 0.2) is 0 Å². The Kier molecular flexibility index (Phi) is 5.21. The van der Waals surface area contributed by atoms with Crippen molar-refractivity contribution in [3.63, 3.8) is 0 Å². The Morgan fingerprint density at radius 3 is 2.58 bits per heavy atom. The van der Waals surface area contributed by atoms with Crippen LogP contribution in [0.15, 0.2) is 18.2 Å². The van der Waals surface area contributed by atoms with Crippen molar-refractivity contribution < 1.29 is 4.79 Å². The molecule has 4 N–H and O–H groups in total. The molecule has 0 atom stereocenters. The topological polar surface area (TPSA) is 67.2 Å². The maximum Gasteiger partial charge on any atom is 0.251 e. The summed E-state index contributed by atoms with van der Waals surface area (Å²) in [7, 11) is 0. The Bertz CT molecular complexity index is 441. The van der Waals surface area contributed by atoms with Crippen molar-refractivity contribution in [2.24, 2.45) is 0 Å². The number of anilines is 2. The van der Waals surface area contributed by atoms with Crippen LogP contribution >= 0.6 is 0 Å². The number of carbonyl (C=O) groups is 1. The first-order chi connectivity index (χ1) is 8.89. The van der Waals surface area contributed by atoms with Crippen molar-refractivity contribution in [3.8, 4) is 0 Å². The van der Waals surface area contributed by atoms with Crippen LogP contribution in [-0.2, 0) is 0 Å². The lowest BCUT2D eigenvalue weighted by atomic mass is 9.98. The average molecular weight is 263 g/mol. The van der Waals surface area contributed by atoms with E-state index in [1.807, 2.05) is 13.0 Å². The van der Waals surface area contributed by atoms with Crippen molar-refractivity contribution in [3.05, 3.63) is 23.8 Å². The van der Waals surface area contributed by atoms with Crippen molar-refractivity contribution in [1.29, 1.82) is 0 Å². The summed E-state index contributed by atoms with van der Waals surface area (Å²) in [5.41, 5.74) is 8.05. The first kappa shape index (κ1) is 15.3. The third-order valence-electron chi connectivity index (χ3n) is 3.00. The van der Waals surface area contributed by atoms with Crippen LogP contribution in [0.2, 0.25) is 0 Å². The summed E-state index contributed by atoms with van der Waals surface area (Å²) >= 11 is 0. The lowest BCUT2D eigenvalue weighted by molar-refractivity contribution is 0.0956. The molecule has 0 aromatic heterocycles. The zero-order chi connectivity index (χ0) is 14.5. The van der Waals surface area contributed by atoms with Crippen molar-refractivity contribution >= 4 is 17.3 Å². The third-order valence-corrected chi connectivity index (χ3v) is 3.00. The Hall–Kier alpha value is -1.71. The predicted molar refractivity (Wildman–Crippen MR) is 81.5 cm³/mol. The molecule has 1 aromatic carbocycles. The molecular weight excluding hydrogens is 238 g/mol. The van der Waals surface area contributed by atoms with Gasteiger partial charge in [-0.05, 0) is 45.4 Å². The molecule has 0 aliphatic carbocycles. The average Bonchev–Trinajstić information content (AvgIpc) is 2.31. The number of hydrogen-bond acceptors (Lipinski definition) is 3. The first-order valence-electron chi connectivity index (χ1n) is 6.85. The highest BCUT2D eigenvalue weighted by molar-refractivity contribution is 5.96. The van der Waals surface area contributed by atoms with Gasteiger partial charge in [0, 0.05) is 17.6 Å². The Morgan fingerprint density at radius 1 is 1.32 bits per heavy atom. The lowest BCUT2D eigenvalue weighted by Gasteiger charge is -2.28. The Labute approximate surface area is 115 Å². The molecule has 1 amide bonds. The summed E-state index contributed by atoms with van der Waals surface area (Å²) in [4.78, 5) is 11.8. The van der Waals surface area contributed by atoms with Crippen LogP contribution in [0.25, 0.3) is 0 Å². The van der Waals surface area contributed by atoms with Gasteiger partial charge in [-0.15, -0.1) is 0 Å². The number of nitrogen functional groups attached to an aromatic ring is 1. The fourth-order valence-corrected chi connectivity index (χ4v) is 2.12. The number of amides is 1. The van der Waals surface area contributed by atoms with E-state index in [1.54, 1.807) is 12.1 Å². The lowest BCUT2D eigenvalue weighted by Crippen LogP contribution is -2.31. The molecule has 0 aliphatic heterocycles. The summed E-state index contributed by atoms with van der Waals surface area (Å²) in [6.07, 6.45) is 2.13.